The summed E-state index contributed by atoms with van der Waals surface area (Å²) in [5.74, 6) is -2.58. The van der Waals surface area contributed by atoms with Crippen LogP contribution in [0.4, 0.5) is 0 Å². The number of ether oxygens (including phenoxy) is 2. The molecule has 2 aliphatic rings. The van der Waals surface area contributed by atoms with Gasteiger partial charge in [-0.05, 0) is 27.2 Å². The first-order valence-corrected chi connectivity index (χ1v) is 8.59. The largest absolute Gasteiger partial charge is 0.480 e. The summed E-state index contributed by atoms with van der Waals surface area (Å²) in [5, 5.41) is 9.80. The zero-order valence-corrected chi connectivity index (χ0v) is 15.1. The second kappa shape index (κ2) is 6.39. The van der Waals surface area contributed by atoms with Crippen LogP contribution in [-0.2, 0) is 23.9 Å². The zero-order chi connectivity index (χ0) is 19.1. The lowest BCUT2D eigenvalue weighted by Crippen LogP contribution is -2.43. The van der Waals surface area contributed by atoms with Gasteiger partial charge in [0.1, 0.15) is 5.60 Å². The molecule has 1 amide bonds. The maximum Gasteiger partial charge on any atom is 0.319 e. The number of carbonyl (C=O) groups excluding carboxylic acids is 2. The number of aliphatic carboxylic acids is 1. The first-order valence-electron chi connectivity index (χ1n) is 8.59. The quantitative estimate of drug-likeness (QED) is 0.652. The molecule has 0 spiro atoms. The van der Waals surface area contributed by atoms with Crippen molar-refractivity contribution in [2.75, 3.05) is 6.61 Å². The normalized spacial score (nSPS) is 28.1. The van der Waals surface area contributed by atoms with Gasteiger partial charge in [-0.3, -0.25) is 14.4 Å². The van der Waals surface area contributed by atoms with Gasteiger partial charge in [0.2, 0.25) is 5.91 Å². The summed E-state index contributed by atoms with van der Waals surface area (Å²) in [6.07, 6.45) is -1.08. The average Bonchev–Trinajstić information content (AvgIpc) is 3.06. The predicted molar refractivity (Wildman–Crippen MR) is 90.9 cm³/mol. The summed E-state index contributed by atoms with van der Waals surface area (Å²) >= 11 is 0. The molecule has 26 heavy (non-hydrogen) atoms. The maximum absolute atomic E-state index is 13.1. The van der Waals surface area contributed by atoms with E-state index in [0.29, 0.717) is 0 Å². The second-order valence-electron chi connectivity index (χ2n) is 7.82. The molecular weight excluding hydrogens is 338 g/mol. The molecule has 1 aromatic carbocycles. The van der Waals surface area contributed by atoms with Crippen molar-refractivity contribution in [3.8, 4) is 0 Å². The van der Waals surface area contributed by atoms with Crippen molar-refractivity contribution >= 4 is 17.8 Å². The minimum Gasteiger partial charge on any atom is -0.480 e. The molecule has 2 aliphatic heterocycles. The molecule has 1 unspecified atom stereocenters. The third-order valence-corrected chi connectivity index (χ3v) is 4.68. The fraction of sp³-hybridized carbons (Fsp3) is 0.526. The lowest BCUT2D eigenvalue weighted by atomic mass is 9.81. The summed E-state index contributed by atoms with van der Waals surface area (Å²) in [6, 6.07) is 8.80. The van der Waals surface area contributed by atoms with Crippen molar-refractivity contribution in [1.29, 1.82) is 0 Å². The lowest BCUT2D eigenvalue weighted by Gasteiger charge is -2.27. The van der Waals surface area contributed by atoms with Crippen LogP contribution in [0, 0.1) is 5.41 Å². The standard InChI is InChI=1S/C19H23NO6/c1-18(2,3)26-14(21)10-19(17(23)24)9-13-11-25-15(20(13)16(19)22)12-7-5-4-6-8-12/h4-8,13,15H,9-11H2,1-3H3,(H,23,24)/t13-,15+,19?/m0/s1. The number of carboxylic acid groups (broad SMARTS) is 1. The van der Waals surface area contributed by atoms with E-state index in [4.69, 9.17) is 9.47 Å². The van der Waals surface area contributed by atoms with Gasteiger partial charge in [-0.25, -0.2) is 0 Å². The SMILES string of the molecule is CC(C)(C)OC(=O)CC1(C(=O)O)C[C@H]2CO[C@H](c3ccccc3)N2C1=O. The summed E-state index contributed by atoms with van der Waals surface area (Å²) in [5.41, 5.74) is -1.77. The Hall–Kier alpha value is -2.41. The minimum atomic E-state index is -1.80. The number of nitrogens with zero attached hydrogens (tertiary/aromatic N) is 1. The zero-order valence-electron chi connectivity index (χ0n) is 15.1. The number of esters is 1. The average molecular weight is 361 g/mol. The topological polar surface area (TPSA) is 93.1 Å². The molecule has 3 rings (SSSR count). The van der Waals surface area contributed by atoms with Gasteiger partial charge in [-0.2, -0.15) is 0 Å². The molecule has 1 aromatic rings. The summed E-state index contributed by atoms with van der Waals surface area (Å²) < 4.78 is 11.0. The van der Waals surface area contributed by atoms with Crippen LogP contribution in [0.15, 0.2) is 30.3 Å². The number of benzene rings is 1. The van der Waals surface area contributed by atoms with E-state index >= 15 is 0 Å². The van der Waals surface area contributed by atoms with E-state index in [1.54, 1.807) is 20.8 Å². The van der Waals surface area contributed by atoms with E-state index in [1.807, 2.05) is 30.3 Å². The molecule has 0 radical (unpaired) electrons. The Balaban J connectivity index is 1.87. The van der Waals surface area contributed by atoms with Crippen LogP contribution in [0.2, 0.25) is 0 Å². The Bertz CT molecular complexity index is 725. The predicted octanol–water partition coefficient (Wildman–Crippen LogP) is 2.12. The molecule has 2 heterocycles. The van der Waals surface area contributed by atoms with E-state index in [9.17, 15) is 19.5 Å². The van der Waals surface area contributed by atoms with E-state index in [0.717, 1.165) is 5.56 Å². The van der Waals surface area contributed by atoms with Crippen molar-refractivity contribution < 1.29 is 29.0 Å². The molecule has 0 saturated carbocycles. The molecule has 2 saturated heterocycles. The van der Waals surface area contributed by atoms with Gasteiger partial charge >= 0.3 is 11.9 Å². The van der Waals surface area contributed by atoms with Crippen LogP contribution >= 0.6 is 0 Å². The van der Waals surface area contributed by atoms with Crippen LogP contribution < -0.4 is 0 Å². The van der Waals surface area contributed by atoms with Crippen molar-refractivity contribution in [2.45, 2.75) is 51.5 Å². The van der Waals surface area contributed by atoms with E-state index in [1.165, 1.54) is 4.90 Å². The number of carbonyl (C=O) groups is 3. The number of rotatable bonds is 4. The van der Waals surface area contributed by atoms with E-state index in [2.05, 4.69) is 0 Å². The first-order chi connectivity index (χ1) is 12.1. The van der Waals surface area contributed by atoms with Gasteiger partial charge in [0.15, 0.2) is 11.6 Å². The fourth-order valence-electron chi connectivity index (χ4n) is 3.62. The lowest BCUT2D eigenvalue weighted by molar-refractivity contribution is -0.170. The second-order valence-corrected chi connectivity index (χ2v) is 7.82. The molecule has 0 aliphatic carbocycles. The summed E-state index contributed by atoms with van der Waals surface area (Å²) in [4.78, 5) is 38.8. The van der Waals surface area contributed by atoms with Crippen LogP contribution in [0.3, 0.4) is 0 Å². The first kappa shape index (κ1) is 18.4. The molecule has 140 valence electrons. The van der Waals surface area contributed by atoms with Crippen molar-refractivity contribution in [3.63, 3.8) is 0 Å². The summed E-state index contributed by atoms with van der Waals surface area (Å²) in [7, 11) is 0. The monoisotopic (exact) mass is 361 g/mol. The van der Waals surface area contributed by atoms with Crippen LogP contribution in [0.1, 0.15) is 45.4 Å². The van der Waals surface area contributed by atoms with Crippen molar-refractivity contribution in [3.05, 3.63) is 35.9 Å². The third kappa shape index (κ3) is 3.19. The van der Waals surface area contributed by atoms with Crippen molar-refractivity contribution in [2.24, 2.45) is 5.41 Å². The molecule has 7 heteroatoms. The van der Waals surface area contributed by atoms with Crippen LogP contribution in [-0.4, -0.2) is 46.1 Å². The minimum absolute atomic E-state index is 0.0315. The van der Waals surface area contributed by atoms with Gasteiger partial charge in [0, 0.05) is 5.56 Å². The van der Waals surface area contributed by atoms with Crippen molar-refractivity contribution in [1.82, 2.24) is 4.90 Å². The molecule has 7 nitrogen and oxygen atoms in total. The molecular formula is C19H23NO6. The highest BCUT2D eigenvalue weighted by molar-refractivity contribution is 6.06. The molecule has 0 bridgehead atoms. The highest BCUT2D eigenvalue weighted by atomic mass is 16.6. The van der Waals surface area contributed by atoms with E-state index < -0.39 is 41.5 Å². The Morgan fingerprint density at radius 2 is 1.96 bits per heavy atom. The van der Waals surface area contributed by atoms with E-state index in [-0.39, 0.29) is 19.1 Å². The fourth-order valence-corrected chi connectivity index (χ4v) is 3.62. The highest BCUT2D eigenvalue weighted by Gasteiger charge is 2.62. The number of carboxylic acids is 1. The smallest absolute Gasteiger partial charge is 0.319 e. The molecule has 1 N–H and O–H groups in total. The summed E-state index contributed by atoms with van der Waals surface area (Å²) in [6.45, 7) is 5.35. The number of hydrogen-bond donors (Lipinski definition) is 1. The number of amides is 1. The van der Waals surface area contributed by atoms with Gasteiger partial charge in [-0.15, -0.1) is 0 Å². The number of fused-ring (bicyclic) bond motifs is 1. The maximum atomic E-state index is 13.1. The molecule has 2 fully saturated rings. The van der Waals surface area contributed by atoms with Gasteiger partial charge in [0.05, 0.1) is 19.1 Å². The highest BCUT2D eigenvalue weighted by Crippen LogP contribution is 2.47. The van der Waals surface area contributed by atoms with Gasteiger partial charge in [0.25, 0.3) is 0 Å². The van der Waals surface area contributed by atoms with Crippen LogP contribution in [0.25, 0.3) is 0 Å². The Labute approximate surface area is 151 Å². The Morgan fingerprint density at radius 1 is 1.31 bits per heavy atom. The molecule has 0 aromatic heterocycles. The molecule has 3 atom stereocenters. The van der Waals surface area contributed by atoms with Crippen LogP contribution in [0.5, 0.6) is 0 Å². The Kier molecular flexibility index (Phi) is 4.52. The number of hydrogen-bond acceptors (Lipinski definition) is 5. The van der Waals surface area contributed by atoms with Gasteiger partial charge < -0.3 is 19.5 Å². The third-order valence-electron chi connectivity index (χ3n) is 4.68. The Morgan fingerprint density at radius 3 is 2.54 bits per heavy atom. The van der Waals surface area contributed by atoms with Gasteiger partial charge in [-0.1, -0.05) is 30.3 Å².